The van der Waals surface area contributed by atoms with Gasteiger partial charge in [0.15, 0.2) is 17.7 Å². The quantitative estimate of drug-likeness (QED) is 0.764. The minimum Gasteiger partial charge on any atom is -0.344 e. The van der Waals surface area contributed by atoms with Crippen LogP contribution in [0, 0.1) is 0 Å². The minimum absolute atomic E-state index is 0.112. The van der Waals surface area contributed by atoms with Gasteiger partial charge in [-0.3, -0.25) is 4.79 Å². The van der Waals surface area contributed by atoms with Gasteiger partial charge < -0.3 is 23.7 Å². The molecule has 0 aliphatic carbocycles. The van der Waals surface area contributed by atoms with E-state index in [9.17, 15) is 4.79 Å². The Balaban J connectivity index is 1.82. The molecule has 3 atom stereocenters. The maximum absolute atomic E-state index is 12.7. The second-order valence-electron chi connectivity index (χ2n) is 6.03. The summed E-state index contributed by atoms with van der Waals surface area (Å²) in [4.78, 5) is 12.7. The lowest BCUT2D eigenvalue weighted by molar-refractivity contribution is -0.273. The van der Waals surface area contributed by atoms with Gasteiger partial charge in [-0.2, -0.15) is 0 Å². The van der Waals surface area contributed by atoms with Crippen molar-refractivity contribution in [3.05, 3.63) is 0 Å². The monoisotopic (exact) mass is 286 g/mol. The Morgan fingerprint density at radius 1 is 1.15 bits per heavy atom. The standard InChI is InChI=1S/C14H22O6/c1-5-13(6-2)17-8-14(20-13)11(15)10-9(7-16-14)18-12(3,4)19-10/h9-10H,5-8H2,1-4H3. The number of ketones is 1. The Morgan fingerprint density at radius 2 is 1.85 bits per heavy atom. The van der Waals surface area contributed by atoms with E-state index in [0.29, 0.717) is 12.8 Å². The first-order chi connectivity index (χ1) is 9.35. The molecule has 3 aliphatic rings. The van der Waals surface area contributed by atoms with Crippen LogP contribution in [0.15, 0.2) is 0 Å². The summed E-state index contributed by atoms with van der Waals surface area (Å²) in [5, 5.41) is 0. The van der Waals surface area contributed by atoms with Crippen molar-refractivity contribution in [3.8, 4) is 0 Å². The van der Waals surface area contributed by atoms with Crippen LogP contribution in [0.25, 0.3) is 0 Å². The van der Waals surface area contributed by atoms with Gasteiger partial charge in [-0.15, -0.1) is 0 Å². The third-order valence-corrected chi connectivity index (χ3v) is 4.25. The molecule has 3 aliphatic heterocycles. The Hall–Kier alpha value is -0.530. The first-order valence-corrected chi connectivity index (χ1v) is 7.23. The summed E-state index contributed by atoms with van der Waals surface area (Å²) in [5.41, 5.74) is 0. The second-order valence-corrected chi connectivity index (χ2v) is 6.03. The summed E-state index contributed by atoms with van der Waals surface area (Å²) in [6.45, 7) is 7.90. The molecular formula is C14H22O6. The van der Waals surface area contributed by atoms with Crippen LogP contribution in [0.2, 0.25) is 0 Å². The van der Waals surface area contributed by atoms with E-state index in [1.54, 1.807) is 13.8 Å². The number of fused-ring (bicyclic) bond motifs is 1. The highest BCUT2D eigenvalue weighted by Gasteiger charge is 2.63. The first kappa shape index (κ1) is 14.4. The van der Waals surface area contributed by atoms with Crippen molar-refractivity contribution in [2.45, 2.75) is 70.1 Å². The number of Topliss-reactive ketones (excluding diaryl/α,β-unsaturated/α-hetero) is 1. The molecule has 3 heterocycles. The van der Waals surface area contributed by atoms with Gasteiger partial charge in [0, 0.05) is 0 Å². The third kappa shape index (κ3) is 2.02. The van der Waals surface area contributed by atoms with Crippen molar-refractivity contribution in [2.75, 3.05) is 13.2 Å². The van der Waals surface area contributed by atoms with Crippen molar-refractivity contribution in [1.82, 2.24) is 0 Å². The molecule has 20 heavy (non-hydrogen) atoms. The minimum atomic E-state index is -1.34. The fraction of sp³-hybridized carbons (Fsp3) is 0.929. The number of hydrogen-bond acceptors (Lipinski definition) is 6. The molecule has 0 aromatic heterocycles. The number of carbonyl (C=O) groups is 1. The normalized spacial score (nSPS) is 42.1. The molecule has 3 rings (SSSR count). The summed E-state index contributed by atoms with van der Waals surface area (Å²) in [6.07, 6.45) is 0.314. The van der Waals surface area contributed by atoms with Crippen LogP contribution < -0.4 is 0 Å². The molecule has 114 valence electrons. The molecular weight excluding hydrogens is 264 g/mol. The van der Waals surface area contributed by atoms with Crippen molar-refractivity contribution < 1.29 is 28.5 Å². The maximum Gasteiger partial charge on any atom is 0.258 e. The summed E-state index contributed by atoms with van der Waals surface area (Å²) in [6, 6.07) is 0. The molecule has 3 saturated heterocycles. The van der Waals surface area contributed by atoms with Crippen LogP contribution in [0.1, 0.15) is 40.5 Å². The van der Waals surface area contributed by atoms with E-state index in [4.69, 9.17) is 23.7 Å². The van der Waals surface area contributed by atoms with Crippen LogP contribution in [0.3, 0.4) is 0 Å². The SMILES string of the molecule is CCC1(CC)OCC2(OCC3OC(C)(C)OC3C2=O)O1. The molecule has 3 unspecified atom stereocenters. The molecule has 6 nitrogen and oxygen atoms in total. The van der Waals surface area contributed by atoms with Gasteiger partial charge in [-0.25, -0.2) is 0 Å². The summed E-state index contributed by atoms with van der Waals surface area (Å²) in [7, 11) is 0. The molecule has 1 spiro atoms. The summed E-state index contributed by atoms with van der Waals surface area (Å²) >= 11 is 0. The van der Waals surface area contributed by atoms with E-state index in [2.05, 4.69) is 0 Å². The predicted octanol–water partition coefficient (Wildman–Crippen LogP) is 1.37. The van der Waals surface area contributed by atoms with Crippen LogP contribution in [0.4, 0.5) is 0 Å². The largest absolute Gasteiger partial charge is 0.344 e. The average molecular weight is 286 g/mol. The van der Waals surface area contributed by atoms with Crippen molar-refractivity contribution >= 4 is 5.78 Å². The van der Waals surface area contributed by atoms with Gasteiger partial charge in [0.05, 0.1) is 6.61 Å². The second kappa shape index (κ2) is 4.48. The van der Waals surface area contributed by atoms with E-state index >= 15 is 0 Å². The van der Waals surface area contributed by atoms with E-state index < -0.39 is 23.5 Å². The van der Waals surface area contributed by atoms with E-state index in [1.165, 1.54) is 0 Å². The lowest BCUT2D eigenvalue weighted by atomic mass is 9.99. The zero-order valence-electron chi connectivity index (χ0n) is 12.4. The number of rotatable bonds is 2. The Bertz CT molecular complexity index is 416. The first-order valence-electron chi connectivity index (χ1n) is 7.23. The van der Waals surface area contributed by atoms with E-state index in [-0.39, 0.29) is 25.1 Å². The fourth-order valence-corrected chi connectivity index (χ4v) is 3.06. The summed E-state index contributed by atoms with van der Waals surface area (Å²) < 4.78 is 28.7. The van der Waals surface area contributed by atoms with E-state index in [0.717, 1.165) is 0 Å². The van der Waals surface area contributed by atoms with Crippen LogP contribution in [-0.2, 0) is 28.5 Å². The molecule has 3 fully saturated rings. The lowest BCUT2D eigenvalue weighted by Gasteiger charge is -2.36. The maximum atomic E-state index is 12.7. The Kier molecular flexibility index (Phi) is 3.23. The molecule has 0 bridgehead atoms. The van der Waals surface area contributed by atoms with Gasteiger partial charge in [0.2, 0.25) is 5.78 Å². The van der Waals surface area contributed by atoms with E-state index in [1.807, 2.05) is 13.8 Å². The average Bonchev–Trinajstić information content (AvgIpc) is 2.94. The zero-order valence-corrected chi connectivity index (χ0v) is 12.4. The van der Waals surface area contributed by atoms with Crippen LogP contribution >= 0.6 is 0 Å². The molecule has 0 aromatic carbocycles. The highest BCUT2D eigenvalue weighted by molar-refractivity contribution is 5.92. The smallest absolute Gasteiger partial charge is 0.258 e. The zero-order chi connectivity index (χ0) is 14.6. The number of hydrogen-bond donors (Lipinski definition) is 0. The lowest BCUT2D eigenvalue weighted by Crippen LogP contribution is -2.59. The van der Waals surface area contributed by atoms with Gasteiger partial charge >= 0.3 is 0 Å². The van der Waals surface area contributed by atoms with Gasteiger partial charge in [0.25, 0.3) is 5.79 Å². The Labute approximate surface area is 118 Å². The topological polar surface area (TPSA) is 63.2 Å². The van der Waals surface area contributed by atoms with Crippen LogP contribution in [0.5, 0.6) is 0 Å². The molecule has 6 heteroatoms. The van der Waals surface area contributed by atoms with Crippen LogP contribution in [-0.4, -0.2) is 48.6 Å². The number of ether oxygens (including phenoxy) is 5. The van der Waals surface area contributed by atoms with Crippen molar-refractivity contribution in [2.24, 2.45) is 0 Å². The van der Waals surface area contributed by atoms with Gasteiger partial charge in [0.1, 0.15) is 12.7 Å². The van der Waals surface area contributed by atoms with Crippen molar-refractivity contribution in [3.63, 3.8) is 0 Å². The van der Waals surface area contributed by atoms with Gasteiger partial charge in [-0.1, -0.05) is 13.8 Å². The number of carbonyl (C=O) groups excluding carboxylic acids is 1. The third-order valence-electron chi connectivity index (χ3n) is 4.25. The molecule has 0 amide bonds. The predicted molar refractivity (Wildman–Crippen MR) is 67.9 cm³/mol. The molecule has 0 N–H and O–H groups in total. The molecule has 0 radical (unpaired) electrons. The van der Waals surface area contributed by atoms with Gasteiger partial charge in [-0.05, 0) is 26.7 Å². The molecule has 0 aromatic rings. The highest BCUT2D eigenvalue weighted by Crippen LogP contribution is 2.43. The molecule has 0 saturated carbocycles. The van der Waals surface area contributed by atoms with Crippen molar-refractivity contribution in [1.29, 1.82) is 0 Å². The Morgan fingerprint density at radius 3 is 2.45 bits per heavy atom. The fourth-order valence-electron chi connectivity index (χ4n) is 3.06. The highest BCUT2D eigenvalue weighted by atomic mass is 16.8. The summed E-state index contributed by atoms with van der Waals surface area (Å²) in [5.74, 6) is -3.08.